The predicted molar refractivity (Wildman–Crippen MR) is 130 cm³/mol. The molecule has 0 atom stereocenters. The van der Waals surface area contributed by atoms with Crippen molar-refractivity contribution in [3.8, 4) is 22.8 Å². The van der Waals surface area contributed by atoms with E-state index >= 15 is 0 Å². The molecule has 4 aromatic rings. The number of rotatable bonds is 9. The zero-order valence-electron chi connectivity index (χ0n) is 20.1. The topological polar surface area (TPSA) is 113 Å². The molecule has 9 nitrogen and oxygen atoms in total. The zero-order chi connectivity index (χ0) is 24.5. The van der Waals surface area contributed by atoms with Crippen LogP contribution in [0.1, 0.15) is 37.4 Å². The highest BCUT2D eigenvalue weighted by Crippen LogP contribution is 2.40. The second-order valence-electron chi connectivity index (χ2n) is 9.13. The summed E-state index contributed by atoms with van der Waals surface area (Å²) >= 11 is 0. The number of hydrogen-bond acceptors (Lipinski definition) is 8. The molecule has 0 radical (unpaired) electrons. The maximum absolute atomic E-state index is 14.1. The Hall–Kier alpha value is -3.66. The number of hydrogen-bond donors (Lipinski definition) is 2. The quantitative estimate of drug-likeness (QED) is 0.272. The number of nitrogen functional groups attached to an aromatic ring is 1. The van der Waals surface area contributed by atoms with E-state index in [1.54, 1.807) is 0 Å². The van der Waals surface area contributed by atoms with Crippen molar-refractivity contribution in [1.29, 1.82) is 0 Å². The number of aryl methyl sites for hydroxylation is 2. The minimum absolute atomic E-state index is 0.0259. The van der Waals surface area contributed by atoms with Gasteiger partial charge in [-0.05, 0) is 62.2 Å². The van der Waals surface area contributed by atoms with Gasteiger partial charge in [-0.15, -0.1) is 0 Å². The SMILES string of the molecule is Cc1ccc(-c2cc3c(cc2Cc2nc4c(N)nc(F)nc4n2CCCNCC(C)C)OCO3)o1. The number of ether oxygens (including phenoxy) is 2. The minimum atomic E-state index is -0.865. The lowest BCUT2D eigenvalue weighted by Crippen LogP contribution is -2.22. The number of fused-ring (bicyclic) bond motifs is 2. The van der Waals surface area contributed by atoms with E-state index in [0.717, 1.165) is 42.2 Å². The van der Waals surface area contributed by atoms with Crippen LogP contribution in [0.15, 0.2) is 28.7 Å². The van der Waals surface area contributed by atoms with Crippen molar-refractivity contribution >= 4 is 17.0 Å². The Morgan fingerprint density at radius 1 is 1.14 bits per heavy atom. The van der Waals surface area contributed by atoms with Crippen LogP contribution in [0.3, 0.4) is 0 Å². The van der Waals surface area contributed by atoms with E-state index in [0.29, 0.717) is 47.4 Å². The summed E-state index contributed by atoms with van der Waals surface area (Å²) in [6.07, 6.45) is 0.389. The van der Waals surface area contributed by atoms with E-state index in [2.05, 4.69) is 29.1 Å². The van der Waals surface area contributed by atoms with Crippen molar-refractivity contribution in [3.63, 3.8) is 0 Å². The Kier molecular flexibility index (Phi) is 6.29. The summed E-state index contributed by atoms with van der Waals surface area (Å²) in [5.41, 5.74) is 8.61. The summed E-state index contributed by atoms with van der Waals surface area (Å²) < 4.78 is 33.2. The fourth-order valence-corrected chi connectivity index (χ4v) is 4.27. The lowest BCUT2D eigenvalue weighted by Gasteiger charge is -2.13. The summed E-state index contributed by atoms with van der Waals surface area (Å²) in [5, 5.41) is 3.44. The highest BCUT2D eigenvalue weighted by atomic mass is 19.1. The highest BCUT2D eigenvalue weighted by Gasteiger charge is 2.23. The minimum Gasteiger partial charge on any atom is -0.461 e. The van der Waals surface area contributed by atoms with Crippen molar-refractivity contribution in [2.24, 2.45) is 5.92 Å². The van der Waals surface area contributed by atoms with E-state index in [4.69, 9.17) is 24.6 Å². The van der Waals surface area contributed by atoms with E-state index in [-0.39, 0.29) is 12.6 Å². The molecule has 0 saturated heterocycles. The predicted octanol–water partition coefficient (Wildman–Crippen LogP) is 4.07. The van der Waals surface area contributed by atoms with Gasteiger partial charge < -0.3 is 29.5 Å². The third-order valence-electron chi connectivity index (χ3n) is 5.91. The largest absolute Gasteiger partial charge is 0.461 e. The molecule has 5 rings (SSSR count). The van der Waals surface area contributed by atoms with Crippen molar-refractivity contribution in [2.45, 2.75) is 40.2 Å². The van der Waals surface area contributed by atoms with Crippen LogP contribution in [-0.2, 0) is 13.0 Å². The number of nitrogens with two attached hydrogens (primary N) is 1. The van der Waals surface area contributed by atoms with Crippen LogP contribution in [-0.4, -0.2) is 39.4 Å². The Bertz CT molecular complexity index is 1360. The van der Waals surface area contributed by atoms with Gasteiger partial charge in [-0.3, -0.25) is 0 Å². The van der Waals surface area contributed by atoms with Crippen LogP contribution >= 0.6 is 0 Å². The van der Waals surface area contributed by atoms with E-state index in [1.165, 1.54) is 0 Å². The molecule has 10 heteroatoms. The molecule has 1 aromatic carbocycles. The van der Waals surface area contributed by atoms with Gasteiger partial charge in [-0.2, -0.15) is 14.4 Å². The first kappa shape index (κ1) is 23.1. The Balaban J connectivity index is 1.53. The first-order chi connectivity index (χ1) is 16.9. The number of benzene rings is 1. The molecule has 0 fully saturated rings. The summed E-state index contributed by atoms with van der Waals surface area (Å²) in [6.45, 7) is 8.76. The standard InChI is InChI=1S/C25H29FN6O3/c1-14(2)12-28-7-4-8-32-21(29-22-23(27)30-25(26)31-24(22)32)10-16-9-19-20(34-13-33-19)11-17(16)18-6-5-15(3)35-18/h5-6,9,11,14,28H,4,7-8,10,12-13H2,1-3H3,(H2,27,30,31). The smallest absolute Gasteiger partial charge is 0.312 e. The van der Waals surface area contributed by atoms with Crippen molar-refractivity contribution in [3.05, 3.63) is 47.5 Å². The van der Waals surface area contributed by atoms with Crippen molar-refractivity contribution in [1.82, 2.24) is 24.8 Å². The average Bonchev–Trinajstić information content (AvgIpc) is 3.52. The van der Waals surface area contributed by atoms with Gasteiger partial charge in [0, 0.05) is 18.5 Å². The van der Waals surface area contributed by atoms with Gasteiger partial charge in [-0.25, -0.2) is 4.98 Å². The molecule has 0 spiro atoms. The van der Waals surface area contributed by atoms with Crippen LogP contribution in [0, 0.1) is 18.9 Å². The van der Waals surface area contributed by atoms with Gasteiger partial charge in [0.2, 0.25) is 6.79 Å². The number of imidazole rings is 1. The first-order valence-corrected chi connectivity index (χ1v) is 11.8. The molecular weight excluding hydrogens is 451 g/mol. The van der Waals surface area contributed by atoms with E-state index in [9.17, 15) is 4.39 Å². The number of halogens is 1. The van der Waals surface area contributed by atoms with E-state index < -0.39 is 6.08 Å². The molecule has 4 heterocycles. The van der Waals surface area contributed by atoms with Gasteiger partial charge in [0.25, 0.3) is 0 Å². The van der Waals surface area contributed by atoms with Crippen LogP contribution < -0.4 is 20.5 Å². The maximum Gasteiger partial charge on any atom is 0.312 e. The highest BCUT2D eigenvalue weighted by molar-refractivity contribution is 5.82. The molecule has 3 N–H and O–H groups in total. The molecule has 0 aliphatic carbocycles. The third-order valence-corrected chi connectivity index (χ3v) is 5.91. The lowest BCUT2D eigenvalue weighted by molar-refractivity contribution is 0.174. The molecule has 184 valence electrons. The first-order valence-electron chi connectivity index (χ1n) is 11.8. The van der Waals surface area contributed by atoms with Gasteiger partial charge in [-0.1, -0.05) is 13.8 Å². The average molecular weight is 481 g/mol. The Morgan fingerprint density at radius 2 is 1.94 bits per heavy atom. The number of furan rings is 1. The zero-order valence-corrected chi connectivity index (χ0v) is 20.1. The summed E-state index contributed by atoms with van der Waals surface area (Å²) in [7, 11) is 0. The fourth-order valence-electron chi connectivity index (χ4n) is 4.27. The number of anilines is 1. The maximum atomic E-state index is 14.1. The molecule has 1 aliphatic heterocycles. The Morgan fingerprint density at radius 3 is 2.69 bits per heavy atom. The summed E-state index contributed by atoms with van der Waals surface area (Å²) in [5.74, 6) is 4.16. The molecule has 1 aliphatic rings. The number of nitrogens with zero attached hydrogens (tertiary/aromatic N) is 4. The van der Waals surface area contributed by atoms with Gasteiger partial charge in [0.05, 0.1) is 0 Å². The van der Waals surface area contributed by atoms with E-state index in [1.807, 2.05) is 35.8 Å². The third kappa shape index (κ3) is 4.79. The summed E-state index contributed by atoms with van der Waals surface area (Å²) in [6, 6.07) is 7.71. The number of nitrogens with one attached hydrogen (secondary N) is 1. The Labute approximate surface area is 202 Å². The van der Waals surface area contributed by atoms with Gasteiger partial charge in [0.15, 0.2) is 28.5 Å². The fraction of sp³-hybridized carbons (Fsp3) is 0.400. The monoisotopic (exact) mass is 480 g/mol. The molecular formula is C25H29FN6O3. The van der Waals surface area contributed by atoms with Crippen LogP contribution in [0.4, 0.5) is 10.2 Å². The van der Waals surface area contributed by atoms with Gasteiger partial charge >= 0.3 is 6.08 Å². The van der Waals surface area contributed by atoms with Crippen molar-refractivity contribution in [2.75, 3.05) is 25.6 Å². The second-order valence-corrected chi connectivity index (χ2v) is 9.13. The van der Waals surface area contributed by atoms with Crippen LogP contribution in [0.2, 0.25) is 0 Å². The lowest BCUT2D eigenvalue weighted by atomic mass is 10.0. The molecule has 0 saturated carbocycles. The normalized spacial score (nSPS) is 12.8. The van der Waals surface area contributed by atoms with Crippen LogP contribution in [0.5, 0.6) is 11.5 Å². The molecule has 35 heavy (non-hydrogen) atoms. The molecule has 0 bridgehead atoms. The molecule has 0 unspecified atom stereocenters. The molecule has 3 aromatic heterocycles. The van der Waals surface area contributed by atoms with Gasteiger partial charge in [0.1, 0.15) is 17.3 Å². The van der Waals surface area contributed by atoms with Crippen molar-refractivity contribution < 1.29 is 18.3 Å². The summed E-state index contributed by atoms with van der Waals surface area (Å²) in [4.78, 5) is 12.4. The second kappa shape index (κ2) is 9.53. The van der Waals surface area contributed by atoms with Crippen LogP contribution in [0.25, 0.3) is 22.5 Å². The molecule has 0 amide bonds. The number of aromatic nitrogens is 4.